The Labute approximate surface area is 424 Å². The van der Waals surface area contributed by atoms with E-state index in [4.69, 9.17) is 105 Å². The van der Waals surface area contributed by atoms with Gasteiger partial charge < -0.3 is 130 Å². The van der Waals surface area contributed by atoms with Gasteiger partial charge in [-0.05, 0) is 77.6 Å². The number of nitrogens with two attached hydrogens (primary N) is 1. The van der Waals surface area contributed by atoms with Crippen molar-refractivity contribution in [3.8, 4) is 0 Å². The topological polar surface area (TPSA) is 63.4 Å². The van der Waals surface area contributed by atoms with Gasteiger partial charge in [-0.15, -0.1) is 0 Å². The third kappa shape index (κ3) is 40.8. The Bertz CT molecular complexity index is 1220. The van der Waals surface area contributed by atoms with Crippen LogP contribution in [0.3, 0.4) is 0 Å². The van der Waals surface area contributed by atoms with E-state index in [0.29, 0.717) is 23.2 Å². The fraction of sp³-hybridized carbons (Fsp3) is 0.585. The normalized spacial score (nSPS) is 9.55. The largest absolute Gasteiger partial charge is 2.00 e. The Morgan fingerprint density at radius 1 is 0.500 bits per heavy atom. The first-order valence-electron chi connectivity index (χ1n) is 19.8. The first kappa shape index (κ1) is 66.5. The molecule has 58 heavy (non-hydrogen) atoms. The molecule has 2 rings (SSSR count). The number of nitrogens with one attached hydrogen (secondary N) is 1. The zero-order chi connectivity index (χ0) is 43.1. The van der Waals surface area contributed by atoms with Crippen LogP contribution < -0.4 is 11.1 Å². The van der Waals surface area contributed by atoms with E-state index in [2.05, 4.69) is 47.8 Å². The number of aliphatic imine (C=N–C) groups is 1. The summed E-state index contributed by atoms with van der Waals surface area (Å²) in [6.07, 6.45) is 9.62. The molecule has 0 aliphatic rings. The molecule has 0 saturated carbocycles. The van der Waals surface area contributed by atoms with Crippen molar-refractivity contribution in [2.24, 2.45) is 10.7 Å². The van der Waals surface area contributed by atoms with Gasteiger partial charge in [0, 0.05) is 58.0 Å². The summed E-state index contributed by atoms with van der Waals surface area (Å²) in [5, 5.41) is 3.02. The van der Waals surface area contributed by atoms with Crippen molar-refractivity contribution in [3.05, 3.63) is 60.7 Å². The summed E-state index contributed by atoms with van der Waals surface area (Å²) in [5.41, 5.74) is 7.54. The van der Waals surface area contributed by atoms with Crippen LogP contribution in [-0.4, -0.2) is 95.2 Å². The standard InChI is InChI=1S/C13H13N3.2C9H19NS2.2C5H11NS2.2Zn/c14-13(15-11-7-3-1-4-8-11)16-12-9-5-2-6-10-12;2*1-3-5-7-10(9(11)12)8-6-4-2;2*1-3-6(4-2)5(7)8;;/h1-10H,(H3,14,15,16);2*3-8H2,1-2H3,(H,11,12);2*3-4H2,1-2H3,(H,7,8);;/q;;;;;2*+2/p-4. The fourth-order valence-electron chi connectivity index (χ4n) is 4.29. The van der Waals surface area contributed by atoms with Gasteiger partial charge in [0.25, 0.3) is 0 Å². The summed E-state index contributed by atoms with van der Waals surface area (Å²) in [6.45, 7) is 24.8. The van der Waals surface area contributed by atoms with E-state index in [1.165, 1.54) is 51.4 Å². The number of unbranched alkanes of at least 4 members (excludes halogenated alkanes) is 4. The number of hydrogen-bond acceptors (Lipinski definition) is 9. The Kier molecular flexibility index (Phi) is 54.4. The third-order valence-electron chi connectivity index (χ3n) is 7.74. The molecule has 17 heteroatoms. The average molecular weight is 1050 g/mol. The second-order valence-corrected chi connectivity index (χ2v) is 16.2. The van der Waals surface area contributed by atoms with E-state index in [1.54, 1.807) is 0 Å². The van der Waals surface area contributed by atoms with Gasteiger partial charge in [0.05, 0.1) is 5.69 Å². The molecule has 2 aromatic carbocycles. The van der Waals surface area contributed by atoms with Gasteiger partial charge in [-0.3, -0.25) is 0 Å². The van der Waals surface area contributed by atoms with Gasteiger partial charge in [-0.25, -0.2) is 4.99 Å². The molecule has 7 nitrogen and oxygen atoms in total. The molecule has 0 aliphatic heterocycles. The number of para-hydroxylation sites is 2. The molecule has 0 spiro atoms. The van der Waals surface area contributed by atoms with Crippen LogP contribution in [0.5, 0.6) is 0 Å². The Morgan fingerprint density at radius 3 is 1.00 bits per heavy atom. The molecule has 2 aromatic rings. The van der Waals surface area contributed by atoms with Crippen molar-refractivity contribution in [2.75, 3.05) is 57.7 Å². The van der Waals surface area contributed by atoms with Gasteiger partial charge in [0.2, 0.25) is 0 Å². The SMILES string of the molecule is CCCCN(CCCC)C(=S)[S-].CCCCN(CCCC)C(=S)[S-].CCN(CC)C(=S)[S-].CCN(CC)C(=S)[S-].NC(=Nc1ccccc1)Nc1ccccc1.[Zn+2].[Zn+2]. The quantitative estimate of drug-likeness (QED) is 0.0490. The van der Waals surface area contributed by atoms with Crippen LogP contribution in [0, 0.1) is 0 Å². The van der Waals surface area contributed by atoms with Crippen LogP contribution in [0.1, 0.15) is 107 Å². The van der Waals surface area contributed by atoms with Crippen LogP contribution in [0.2, 0.25) is 0 Å². The number of anilines is 1. The predicted octanol–water partition coefficient (Wildman–Crippen LogP) is 10.5. The molecule has 0 radical (unpaired) electrons. The summed E-state index contributed by atoms with van der Waals surface area (Å²) in [5.74, 6) is 0.386. The molecule has 0 unspecified atom stereocenters. The molecule has 0 saturated heterocycles. The van der Waals surface area contributed by atoms with E-state index < -0.39 is 0 Å². The molecular formula is C41H69N7S8Zn2. The summed E-state index contributed by atoms with van der Waals surface area (Å²) in [6, 6.07) is 19.3. The number of guanidine groups is 1. The van der Waals surface area contributed by atoms with E-state index in [-0.39, 0.29) is 39.0 Å². The zero-order valence-corrected chi connectivity index (χ0v) is 49.0. The molecule has 0 amide bonds. The van der Waals surface area contributed by atoms with E-state index in [9.17, 15) is 0 Å². The minimum Gasteiger partial charge on any atom is -0.411 e. The minimum atomic E-state index is 0. The van der Waals surface area contributed by atoms with Crippen molar-refractivity contribution in [3.63, 3.8) is 0 Å². The Morgan fingerprint density at radius 2 is 0.776 bits per heavy atom. The second-order valence-electron chi connectivity index (χ2n) is 12.1. The Balaban J connectivity index is -0.000000205. The number of hydrogen-bond donors (Lipinski definition) is 2. The van der Waals surface area contributed by atoms with E-state index in [1.807, 2.05) is 98.2 Å². The molecule has 0 atom stereocenters. The smallest absolute Gasteiger partial charge is 0.411 e. The van der Waals surface area contributed by atoms with Crippen molar-refractivity contribution >= 4 is 134 Å². The van der Waals surface area contributed by atoms with Gasteiger partial charge in [-0.2, -0.15) is 0 Å². The molecule has 320 valence electrons. The minimum absolute atomic E-state index is 0. The van der Waals surface area contributed by atoms with Crippen molar-refractivity contribution in [1.82, 2.24) is 19.6 Å². The summed E-state index contributed by atoms with van der Waals surface area (Å²) < 4.78 is 2.43. The second kappa shape index (κ2) is 47.4. The summed E-state index contributed by atoms with van der Waals surface area (Å²) in [4.78, 5) is 12.4. The number of nitrogens with zero attached hydrogens (tertiary/aromatic N) is 5. The third-order valence-corrected chi connectivity index (χ3v) is 9.80. The van der Waals surface area contributed by atoms with Gasteiger partial charge in [0.1, 0.15) is 0 Å². The zero-order valence-electron chi connectivity index (χ0n) is 36.6. The fourth-order valence-corrected chi connectivity index (χ4v) is 6.05. The van der Waals surface area contributed by atoms with Gasteiger partial charge in [-0.1, -0.05) is 107 Å². The molecule has 0 aliphatic carbocycles. The molecule has 0 fully saturated rings. The molecular weight excluding hydrogens is 978 g/mol. The van der Waals surface area contributed by atoms with Gasteiger partial charge in [0.15, 0.2) is 5.96 Å². The Hall–Kier alpha value is -0.603. The summed E-state index contributed by atoms with van der Waals surface area (Å²) in [7, 11) is 0. The average Bonchev–Trinajstić information content (AvgIpc) is 3.17. The maximum absolute atomic E-state index is 5.78. The van der Waals surface area contributed by atoms with Crippen molar-refractivity contribution in [2.45, 2.75) is 107 Å². The molecule has 3 N–H and O–H groups in total. The van der Waals surface area contributed by atoms with Crippen LogP contribution in [0.25, 0.3) is 0 Å². The van der Waals surface area contributed by atoms with E-state index >= 15 is 0 Å². The summed E-state index contributed by atoms with van der Waals surface area (Å²) >= 11 is 39.0. The van der Waals surface area contributed by atoms with E-state index in [0.717, 1.165) is 63.7 Å². The molecule has 0 heterocycles. The first-order valence-corrected chi connectivity index (χ1v) is 23.0. The predicted molar refractivity (Wildman–Crippen MR) is 276 cm³/mol. The molecule has 0 aromatic heterocycles. The maximum atomic E-state index is 5.78. The van der Waals surface area contributed by atoms with Crippen LogP contribution in [0.15, 0.2) is 65.7 Å². The number of rotatable bonds is 18. The molecule has 0 bridgehead atoms. The monoisotopic (exact) mass is 1040 g/mol. The first-order chi connectivity index (χ1) is 26.7. The number of benzene rings is 2. The van der Waals surface area contributed by atoms with Crippen LogP contribution in [-0.2, 0) is 89.5 Å². The van der Waals surface area contributed by atoms with Crippen LogP contribution >= 0.6 is 48.9 Å². The van der Waals surface area contributed by atoms with Gasteiger partial charge >= 0.3 is 39.0 Å². The van der Waals surface area contributed by atoms with Crippen molar-refractivity contribution in [1.29, 1.82) is 0 Å². The van der Waals surface area contributed by atoms with Crippen molar-refractivity contribution < 1.29 is 39.0 Å². The number of thiocarbonyl (C=S) groups is 4. The van der Waals surface area contributed by atoms with Crippen LogP contribution in [0.4, 0.5) is 11.4 Å². The maximum Gasteiger partial charge on any atom is 2.00 e.